The molecule has 2 aromatic heterocycles. The van der Waals surface area contributed by atoms with E-state index in [1.807, 2.05) is 36.4 Å². The Morgan fingerprint density at radius 1 is 1.00 bits per heavy atom. The van der Waals surface area contributed by atoms with E-state index in [-0.39, 0.29) is 11.6 Å². The van der Waals surface area contributed by atoms with Gasteiger partial charge in [-0.3, -0.25) is 19.8 Å². The molecule has 0 bridgehead atoms. The molecule has 1 saturated heterocycles. The summed E-state index contributed by atoms with van der Waals surface area (Å²) in [5.74, 6) is 1.17. The first kappa shape index (κ1) is 21.4. The van der Waals surface area contributed by atoms with Crippen LogP contribution in [0.3, 0.4) is 0 Å². The summed E-state index contributed by atoms with van der Waals surface area (Å²) in [6.07, 6.45) is 3.29. The van der Waals surface area contributed by atoms with Crippen molar-refractivity contribution in [2.24, 2.45) is 4.99 Å². The second kappa shape index (κ2) is 9.16. The van der Waals surface area contributed by atoms with Gasteiger partial charge in [0, 0.05) is 30.0 Å². The minimum Gasteiger partial charge on any atom is -0.457 e. The lowest BCUT2D eigenvalue weighted by molar-refractivity contribution is -0.384. The van der Waals surface area contributed by atoms with Gasteiger partial charge >= 0.3 is 0 Å². The van der Waals surface area contributed by atoms with Crippen molar-refractivity contribution < 1.29 is 14.1 Å². The molecule has 1 aliphatic heterocycles. The molecule has 3 heterocycles. The van der Waals surface area contributed by atoms with Crippen molar-refractivity contribution >= 4 is 46.1 Å². The Kier molecular flexibility index (Phi) is 5.75. The van der Waals surface area contributed by atoms with E-state index in [4.69, 9.17) is 4.42 Å². The van der Waals surface area contributed by atoms with Crippen LogP contribution in [0, 0.1) is 10.1 Å². The number of nitro benzene ring substituents is 1. The summed E-state index contributed by atoms with van der Waals surface area (Å²) >= 11 is 1.22. The van der Waals surface area contributed by atoms with Crippen molar-refractivity contribution in [3.05, 3.63) is 112 Å². The number of pyridine rings is 1. The third-order valence-electron chi connectivity index (χ3n) is 4.92. The number of aromatic nitrogens is 1. The number of hydrogen-bond acceptors (Lipinski definition) is 7. The maximum atomic E-state index is 13.3. The van der Waals surface area contributed by atoms with Gasteiger partial charge in [0.25, 0.3) is 11.6 Å². The number of para-hydroxylation sites is 1. The molecule has 8 nitrogen and oxygen atoms in total. The summed E-state index contributed by atoms with van der Waals surface area (Å²) in [6, 6.07) is 24.3. The standard InChI is InChI=1S/C25H16N4O4S/c30-24-22(16-20-12-13-21(33-20)17-7-6-10-19(15-17)29(31)32)34-25(27-23-11-4-5-14-26-23)28(24)18-8-2-1-3-9-18/h1-16H/b22-16+,27-25+. The number of nitrogens with zero attached hydrogens (tertiary/aromatic N) is 4. The summed E-state index contributed by atoms with van der Waals surface area (Å²) in [5, 5.41) is 11.5. The predicted octanol–water partition coefficient (Wildman–Crippen LogP) is 6.06. The lowest BCUT2D eigenvalue weighted by Gasteiger charge is -2.15. The van der Waals surface area contributed by atoms with Crippen molar-refractivity contribution in [1.29, 1.82) is 0 Å². The van der Waals surface area contributed by atoms with Gasteiger partial charge < -0.3 is 4.42 Å². The van der Waals surface area contributed by atoms with E-state index < -0.39 is 4.92 Å². The van der Waals surface area contributed by atoms with E-state index in [2.05, 4.69) is 9.98 Å². The molecule has 5 rings (SSSR count). The summed E-state index contributed by atoms with van der Waals surface area (Å²) in [5.41, 5.74) is 1.24. The zero-order valence-electron chi connectivity index (χ0n) is 17.6. The van der Waals surface area contributed by atoms with Crippen LogP contribution in [0.4, 0.5) is 17.2 Å². The van der Waals surface area contributed by atoms with E-state index in [9.17, 15) is 14.9 Å². The van der Waals surface area contributed by atoms with Gasteiger partial charge in [-0.15, -0.1) is 0 Å². The number of hydrogen-bond donors (Lipinski definition) is 0. The van der Waals surface area contributed by atoms with Gasteiger partial charge in [-0.05, 0) is 48.2 Å². The molecule has 34 heavy (non-hydrogen) atoms. The number of carbonyl (C=O) groups is 1. The first-order valence-electron chi connectivity index (χ1n) is 10.2. The maximum Gasteiger partial charge on any atom is 0.271 e. The smallest absolute Gasteiger partial charge is 0.271 e. The number of carbonyl (C=O) groups excluding carboxylic acids is 1. The largest absolute Gasteiger partial charge is 0.457 e. The SMILES string of the molecule is O=C1/C(=C\c2ccc(-c3cccc([N+](=O)[O-])c3)o2)S/C(=N/c2ccccn2)N1c1ccccc1. The van der Waals surface area contributed by atoms with E-state index >= 15 is 0 Å². The van der Waals surface area contributed by atoms with Crippen molar-refractivity contribution in [3.63, 3.8) is 0 Å². The molecule has 0 aliphatic carbocycles. The molecular weight excluding hydrogens is 452 g/mol. The Balaban J connectivity index is 1.49. The fourth-order valence-corrected chi connectivity index (χ4v) is 4.33. The summed E-state index contributed by atoms with van der Waals surface area (Å²) < 4.78 is 5.87. The van der Waals surface area contributed by atoms with E-state index in [1.165, 1.54) is 28.8 Å². The van der Waals surface area contributed by atoms with E-state index in [0.717, 1.165) is 0 Å². The summed E-state index contributed by atoms with van der Waals surface area (Å²) in [7, 11) is 0. The number of benzene rings is 2. The Bertz CT molecular complexity index is 1430. The lowest BCUT2D eigenvalue weighted by Crippen LogP contribution is -2.28. The normalized spacial score (nSPS) is 15.9. The Hall–Kier alpha value is -4.50. The van der Waals surface area contributed by atoms with Crippen LogP contribution in [0.15, 0.2) is 105 Å². The molecule has 4 aromatic rings. The molecule has 1 amide bonds. The number of nitro groups is 1. The molecule has 1 aliphatic rings. The maximum absolute atomic E-state index is 13.3. The van der Waals surface area contributed by atoms with Crippen LogP contribution in [-0.2, 0) is 4.79 Å². The van der Waals surface area contributed by atoms with E-state index in [1.54, 1.807) is 48.7 Å². The molecule has 0 radical (unpaired) electrons. The molecule has 166 valence electrons. The molecule has 0 unspecified atom stereocenters. The highest BCUT2D eigenvalue weighted by atomic mass is 32.2. The second-order valence-electron chi connectivity index (χ2n) is 7.18. The number of anilines is 1. The monoisotopic (exact) mass is 468 g/mol. The van der Waals surface area contributed by atoms with Crippen molar-refractivity contribution in [1.82, 2.24) is 4.98 Å². The Morgan fingerprint density at radius 2 is 1.82 bits per heavy atom. The van der Waals surface area contributed by atoms with Gasteiger partial charge in [-0.1, -0.05) is 36.4 Å². The van der Waals surface area contributed by atoms with Gasteiger partial charge in [0.2, 0.25) is 0 Å². The highest BCUT2D eigenvalue weighted by Crippen LogP contribution is 2.37. The van der Waals surface area contributed by atoms with Crippen molar-refractivity contribution in [2.45, 2.75) is 0 Å². The molecule has 2 aromatic carbocycles. The van der Waals surface area contributed by atoms with Crippen LogP contribution >= 0.6 is 11.8 Å². The highest BCUT2D eigenvalue weighted by Gasteiger charge is 2.35. The van der Waals surface area contributed by atoms with Crippen LogP contribution < -0.4 is 4.90 Å². The van der Waals surface area contributed by atoms with Gasteiger partial charge in [0.1, 0.15) is 11.5 Å². The number of amides is 1. The number of non-ortho nitro benzene ring substituents is 1. The molecule has 0 spiro atoms. The lowest BCUT2D eigenvalue weighted by atomic mass is 10.1. The molecule has 1 fully saturated rings. The van der Waals surface area contributed by atoms with Gasteiger partial charge in [0.15, 0.2) is 11.0 Å². The van der Waals surface area contributed by atoms with Crippen LogP contribution in [0.25, 0.3) is 17.4 Å². The molecule has 0 atom stereocenters. The van der Waals surface area contributed by atoms with Crippen LogP contribution in [-0.4, -0.2) is 21.0 Å². The Labute approximate surface area is 198 Å². The first-order chi connectivity index (χ1) is 16.6. The molecular formula is C25H16N4O4S. The minimum atomic E-state index is -0.455. The highest BCUT2D eigenvalue weighted by molar-refractivity contribution is 8.19. The van der Waals surface area contributed by atoms with Gasteiger partial charge in [-0.25, -0.2) is 9.98 Å². The Morgan fingerprint density at radius 3 is 2.59 bits per heavy atom. The average molecular weight is 468 g/mol. The summed E-state index contributed by atoms with van der Waals surface area (Å²) in [6.45, 7) is 0. The number of furan rings is 1. The topological polar surface area (TPSA) is 102 Å². The predicted molar refractivity (Wildman–Crippen MR) is 132 cm³/mol. The molecule has 0 saturated carbocycles. The third-order valence-corrected chi connectivity index (χ3v) is 5.89. The average Bonchev–Trinajstić information content (AvgIpc) is 3.45. The quantitative estimate of drug-likeness (QED) is 0.200. The van der Waals surface area contributed by atoms with Crippen LogP contribution in [0.5, 0.6) is 0 Å². The van der Waals surface area contributed by atoms with Gasteiger partial charge in [0.05, 0.1) is 15.5 Å². The zero-order valence-corrected chi connectivity index (χ0v) is 18.4. The zero-order chi connectivity index (χ0) is 23.5. The second-order valence-corrected chi connectivity index (χ2v) is 8.19. The summed E-state index contributed by atoms with van der Waals surface area (Å²) in [4.78, 5) is 34.7. The van der Waals surface area contributed by atoms with Crippen molar-refractivity contribution in [2.75, 3.05) is 4.90 Å². The van der Waals surface area contributed by atoms with Crippen LogP contribution in [0.2, 0.25) is 0 Å². The third kappa shape index (κ3) is 4.37. The number of thioether (sulfide) groups is 1. The first-order valence-corrected chi connectivity index (χ1v) is 11.0. The molecule has 0 N–H and O–H groups in total. The number of rotatable bonds is 5. The minimum absolute atomic E-state index is 0.0239. The van der Waals surface area contributed by atoms with Crippen LogP contribution in [0.1, 0.15) is 5.76 Å². The van der Waals surface area contributed by atoms with Gasteiger partial charge in [-0.2, -0.15) is 0 Å². The fourth-order valence-electron chi connectivity index (χ4n) is 3.36. The van der Waals surface area contributed by atoms with Crippen molar-refractivity contribution in [3.8, 4) is 11.3 Å². The van der Waals surface area contributed by atoms with E-state index in [0.29, 0.717) is 38.7 Å². The fraction of sp³-hybridized carbons (Fsp3) is 0. The number of amidine groups is 1. The molecule has 9 heteroatoms. The number of aliphatic imine (C=N–C) groups is 1.